The molecule has 0 fully saturated rings. The Balaban J connectivity index is 2.10. The molecule has 0 saturated carbocycles. The van der Waals surface area contributed by atoms with Crippen LogP contribution in [0.15, 0.2) is 57.7 Å². The van der Waals surface area contributed by atoms with Gasteiger partial charge in [0.25, 0.3) is 5.56 Å². The standard InChI is InChI=1S/C17H11FN2O2/c1-10-15-16(13-4-2-3-5-14(13)22-10)19-20(17(15)21)12-8-6-11(18)7-9-12/h2-9H,1H3. The molecule has 0 N–H and O–H groups in total. The van der Waals surface area contributed by atoms with Gasteiger partial charge in [-0.05, 0) is 43.3 Å². The number of para-hydroxylation sites is 1. The highest BCUT2D eigenvalue weighted by Crippen LogP contribution is 2.30. The topological polar surface area (TPSA) is 48.0 Å². The smallest absolute Gasteiger partial charge is 0.284 e. The summed E-state index contributed by atoms with van der Waals surface area (Å²) in [5.74, 6) is 0.164. The van der Waals surface area contributed by atoms with Gasteiger partial charge in [0.15, 0.2) is 0 Å². The molecule has 4 rings (SSSR count). The molecule has 0 atom stereocenters. The molecule has 0 aliphatic carbocycles. The quantitative estimate of drug-likeness (QED) is 0.539. The fourth-order valence-corrected chi connectivity index (χ4v) is 2.63. The predicted octanol–water partition coefficient (Wildman–Crippen LogP) is 3.53. The van der Waals surface area contributed by atoms with Crippen LogP contribution in [0, 0.1) is 12.7 Å². The Bertz CT molecular complexity index is 1020. The summed E-state index contributed by atoms with van der Waals surface area (Å²) in [5.41, 5.74) is 1.97. The van der Waals surface area contributed by atoms with Crippen molar-refractivity contribution in [2.45, 2.75) is 6.92 Å². The van der Waals surface area contributed by atoms with E-state index < -0.39 is 0 Å². The van der Waals surface area contributed by atoms with Crippen molar-refractivity contribution in [1.82, 2.24) is 9.78 Å². The number of benzene rings is 2. The molecular formula is C17H11FN2O2. The van der Waals surface area contributed by atoms with Gasteiger partial charge < -0.3 is 4.42 Å². The van der Waals surface area contributed by atoms with Crippen molar-refractivity contribution in [3.8, 4) is 16.9 Å². The maximum absolute atomic E-state index is 13.1. The zero-order valence-corrected chi connectivity index (χ0v) is 11.7. The number of halogens is 1. The molecule has 0 unspecified atom stereocenters. The van der Waals surface area contributed by atoms with Gasteiger partial charge in [-0.15, -0.1) is 0 Å². The van der Waals surface area contributed by atoms with E-state index in [0.717, 1.165) is 5.39 Å². The van der Waals surface area contributed by atoms with Crippen molar-refractivity contribution in [3.63, 3.8) is 0 Å². The lowest BCUT2D eigenvalue weighted by atomic mass is 10.1. The van der Waals surface area contributed by atoms with Crippen molar-refractivity contribution in [2.75, 3.05) is 0 Å². The average Bonchev–Trinajstić information content (AvgIpc) is 2.87. The van der Waals surface area contributed by atoms with Crippen LogP contribution in [0.1, 0.15) is 5.76 Å². The summed E-state index contributed by atoms with van der Waals surface area (Å²) in [6.07, 6.45) is 0. The maximum Gasteiger partial charge on any atom is 0.284 e. The van der Waals surface area contributed by atoms with Crippen LogP contribution in [0.5, 0.6) is 0 Å². The number of nitrogens with zero attached hydrogens (tertiary/aromatic N) is 2. The lowest BCUT2D eigenvalue weighted by molar-refractivity contribution is 0.567. The second kappa shape index (κ2) is 4.53. The van der Waals surface area contributed by atoms with Crippen molar-refractivity contribution in [1.29, 1.82) is 0 Å². The first-order valence-electron chi connectivity index (χ1n) is 6.82. The van der Waals surface area contributed by atoms with E-state index in [4.69, 9.17) is 4.42 Å². The number of fused-ring (bicyclic) bond motifs is 3. The summed E-state index contributed by atoms with van der Waals surface area (Å²) in [5, 5.41) is 5.20. The largest absolute Gasteiger partial charge is 0.460 e. The highest BCUT2D eigenvalue weighted by Gasteiger charge is 2.23. The molecule has 2 aliphatic rings. The Morgan fingerprint density at radius 3 is 2.59 bits per heavy atom. The van der Waals surface area contributed by atoms with Gasteiger partial charge in [-0.3, -0.25) is 4.79 Å². The van der Waals surface area contributed by atoms with E-state index in [1.807, 2.05) is 24.3 Å². The fraction of sp³-hybridized carbons (Fsp3) is 0.0588. The van der Waals surface area contributed by atoms with Crippen LogP contribution in [0.25, 0.3) is 27.9 Å². The summed E-state index contributed by atoms with van der Waals surface area (Å²) in [4.78, 5) is 12.6. The minimum atomic E-state index is -0.357. The summed E-state index contributed by atoms with van der Waals surface area (Å²) in [7, 11) is 0. The lowest BCUT2D eigenvalue weighted by Crippen LogP contribution is -2.14. The Hall–Kier alpha value is -2.95. The van der Waals surface area contributed by atoms with Crippen molar-refractivity contribution >= 4 is 11.0 Å². The van der Waals surface area contributed by atoms with E-state index in [-0.39, 0.29) is 11.4 Å². The van der Waals surface area contributed by atoms with Gasteiger partial charge in [0.05, 0.1) is 5.69 Å². The van der Waals surface area contributed by atoms with E-state index in [1.54, 1.807) is 6.92 Å². The molecule has 2 aliphatic heterocycles. The third kappa shape index (κ3) is 1.75. The number of hydrogen-bond acceptors (Lipinski definition) is 3. The van der Waals surface area contributed by atoms with Gasteiger partial charge in [0.1, 0.15) is 28.4 Å². The second-order valence-electron chi connectivity index (χ2n) is 5.07. The van der Waals surface area contributed by atoms with Crippen LogP contribution in [-0.4, -0.2) is 9.78 Å². The van der Waals surface area contributed by atoms with E-state index >= 15 is 0 Å². The molecule has 0 bridgehead atoms. The molecule has 0 amide bonds. The molecule has 0 saturated heterocycles. The van der Waals surface area contributed by atoms with Gasteiger partial charge >= 0.3 is 0 Å². The summed E-state index contributed by atoms with van der Waals surface area (Å²) in [6.45, 7) is 1.74. The predicted molar refractivity (Wildman–Crippen MR) is 80.9 cm³/mol. The van der Waals surface area contributed by atoms with E-state index in [0.29, 0.717) is 28.3 Å². The van der Waals surface area contributed by atoms with Crippen LogP contribution < -0.4 is 5.56 Å². The molecule has 2 aromatic rings. The first kappa shape index (κ1) is 12.8. The molecule has 2 aromatic carbocycles. The monoisotopic (exact) mass is 294 g/mol. The van der Waals surface area contributed by atoms with Gasteiger partial charge in [0.2, 0.25) is 0 Å². The zero-order chi connectivity index (χ0) is 15.3. The highest BCUT2D eigenvalue weighted by molar-refractivity contribution is 5.92. The van der Waals surface area contributed by atoms with Gasteiger partial charge in [-0.25, -0.2) is 4.39 Å². The molecule has 0 spiro atoms. The molecule has 0 radical (unpaired) electrons. The Morgan fingerprint density at radius 2 is 1.82 bits per heavy atom. The highest BCUT2D eigenvalue weighted by atomic mass is 19.1. The summed E-state index contributed by atoms with van der Waals surface area (Å²) < 4.78 is 20.0. The van der Waals surface area contributed by atoms with Gasteiger partial charge in [0, 0.05) is 5.39 Å². The first-order chi connectivity index (χ1) is 10.6. The van der Waals surface area contributed by atoms with E-state index in [9.17, 15) is 9.18 Å². The lowest BCUT2D eigenvalue weighted by Gasteiger charge is -2.04. The van der Waals surface area contributed by atoms with Crippen LogP contribution in [0.3, 0.4) is 0 Å². The van der Waals surface area contributed by atoms with Crippen LogP contribution in [0.4, 0.5) is 4.39 Å². The second-order valence-corrected chi connectivity index (χ2v) is 5.07. The Kier molecular flexibility index (Phi) is 2.63. The average molecular weight is 294 g/mol. The van der Waals surface area contributed by atoms with Crippen molar-refractivity contribution < 1.29 is 8.81 Å². The van der Waals surface area contributed by atoms with Crippen LogP contribution in [0.2, 0.25) is 0 Å². The minimum absolute atomic E-state index is 0.270. The van der Waals surface area contributed by atoms with Crippen molar-refractivity contribution in [3.05, 3.63) is 70.5 Å². The zero-order valence-electron chi connectivity index (χ0n) is 11.7. The maximum atomic E-state index is 13.1. The fourth-order valence-electron chi connectivity index (χ4n) is 2.63. The number of aromatic nitrogens is 2. The molecule has 0 aromatic heterocycles. The van der Waals surface area contributed by atoms with Crippen LogP contribution in [-0.2, 0) is 0 Å². The van der Waals surface area contributed by atoms with Gasteiger partial charge in [-0.1, -0.05) is 12.1 Å². The summed E-state index contributed by atoms with van der Waals surface area (Å²) in [6, 6.07) is 13.1. The van der Waals surface area contributed by atoms with Crippen LogP contribution >= 0.6 is 0 Å². The Morgan fingerprint density at radius 1 is 1.09 bits per heavy atom. The number of hydrogen-bond donors (Lipinski definition) is 0. The van der Waals surface area contributed by atoms with Crippen molar-refractivity contribution in [2.24, 2.45) is 0 Å². The third-order valence-electron chi connectivity index (χ3n) is 3.67. The minimum Gasteiger partial charge on any atom is -0.460 e. The molecule has 5 heteroatoms. The summed E-state index contributed by atoms with van der Waals surface area (Å²) >= 11 is 0. The molecule has 4 nitrogen and oxygen atoms in total. The molecular weight excluding hydrogens is 283 g/mol. The van der Waals surface area contributed by atoms with E-state index in [1.165, 1.54) is 28.9 Å². The Labute approximate surface area is 124 Å². The molecule has 2 heterocycles. The van der Waals surface area contributed by atoms with E-state index in [2.05, 4.69) is 5.10 Å². The number of rotatable bonds is 1. The number of aryl methyl sites for hydroxylation is 1. The normalized spacial score (nSPS) is 11.4. The SMILES string of the molecule is Cc1oc2ccccc2c2nn(-c3ccc(F)cc3)c(=O)c1-2. The van der Waals surface area contributed by atoms with Gasteiger partial charge in [-0.2, -0.15) is 9.78 Å². The molecule has 22 heavy (non-hydrogen) atoms. The first-order valence-corrected chi connectivity index (χ1v) is 6.82. The third-order valence-corrected chi connectivity index (χ3v) is 3.67. The molecule has 108 valence electrons.